The van der Waals surface area contributed by atoms with Gasteiger partial charge in [-0.05, 0) is 56.5 Å². The van der Waals surface area contributed by atoms with Crippen molar-refractivity contribution in [3.8, 4) is 0 Å². The molecule has 5 heteroatoms. The van der Waals surface area contributed by atoms with Crippen LogP contribution in [0.15, 0.2) is 36.7 Å². The Morgan fingerprint density at radius 2 is 1.96 bits per heavy atom. The first-order chi connectivity index (χ1) is 11.2. The van der Waals surface area contributed by atoms with Gasteiger partial charge in [-0.3, -0.25) is 9.58 Å². The smallest absolute Gasteiger partial charge is 0.123 e. The van der Waals surface area contributed by atoms with Crippen molar-refractivity contribution < 1.29 is 9.50 Å². The van der Waals surface area contributed by atoms with Gasteiger partial charge >= 0.3 is 0 Å². The van der Waals surface area contributed by atoms with E-state index in [1.165, 1.54) is 17.7 Å². The molecule has 4 nitrogen and oxygen atoms in total. The van der Waals surface area contributed by atoms with Crippen LogP contribution in [0.4, 0.5) is 4.39 Å². The van der Waals surface area contributed by atoms with Crippen molar-refractivity contribution in [1.82, 2.24) is 14.7 Å². The number of hydrogen-bond donors (Lipinski definition) is 1. The Labute approximate surface area is 136 Å². The number of benzene rings is 1. The summed E-state index contributed by atoms with van der Waals surface area (Å²) in [5.41, 5.74) is 2.05. The van der Waals surface area contributed by atoms with Crippen LogP contribution in [0.3, 0.4) is 0 Å². The maximum absolute atomic E-state index is 13.0. The number of aryl methyl sites for hydroxylation is 1. The van der Waals surface area contributed by atoms with Crippen molar-refractivity contribution in [3.05, 3.63) is 53.6 Å². The van der Waals surface area contributed by atoms with Crippen LogP contribution in [0.1, 0.15) is 37.0 Å². The Bertz CT molecular complexity index is 617. The number of aliphatic hydroxyl groups is 1. The van der Waals surface area contributed by atoms with E-state index in [1.807, 2.05) is 10.9 Å². The van der Waals surface area contributed by atoms with Gasteiger partial charge in [-0.2, -0.15) is 5.10 Å². The number of piperidine rings is 1. The van der Waals surface area contributed by atoms with Crippen molar-refractivity contribution in [1.29, 1.82) is 0 Å². The van der Waals surface area contributed by atoms with E-state index in [2.05, 4.69) is 23.1 Å². The molecule has 3 rings (SSSR count). The summed E-state index contributed by atoms with van der Waals surface area (Å²) in [5.74, 6) is -0.0153. The zero-order valence-electron chi connectivity index (χ0n) is 13.5. The minimum atomic E-state index is -0.499. The van der Waals surface area contributed by atoms with E-state index in [1.54, 1.807) is 12.1 Å². The van der Waals surface area contributed by atoms with Gasteiger partial charge in [-0.25, -0.2) is 4.39 Å². The zero-order valence-corrected chi connectivity index (χ0v) is 13.5. The number of nitrogens with zero attached hydrogens (tertiary/aromatic N) is 3. The normalized spacial score (nSPS) is 18.2. The Kier molecular flexibility index (Phi) is 5.08. The van der Waals surface area contributed by atoms with Crippen LogP contribution >= 0.6 is 0 Å². The molecule has 23 heavy (non-hydrogen) atoms. The third-order valence-corrected chi connectivity index (χ3v) is 4.71. The molecule has 1 atom stereocenters. The van der Waals surface area contributed by atoms with Gasteiger partial charge in [0.1, 0.15) is 5.82 Å². The topological polar surface area (TPSA) is 41.3 Å². The maximum atomic E-state index is 13.0. The lowest BCUT2D eigenvalue weighted by atomic mass is 9.87. The second-order valence-corrected chi connectivity index (χ2v) is 6.31. The number of likely N-dealkylation sites (tertiary alicyclic amines) is 1. The van der Waals surface area contributed by atoms with Crippen LogP contribution in [0.25, 0.3) is 0 Å². The predicted octanol–water partition coefficient (Wildman–Crippen LogP) is 2.99. The van der Waals surface area contributed by atoms with E-state index in [0.717, 1.165) is 44.6 Å². The van der Waals surface area contributed by atoms with Gasteiger partial charge in [0.2, 0.25) is 0 Å². The van der Waals surface area contributed by atoms with Crippen LogP contribution in [-0.4, -0.2) is 32.9 Å². The molecule has 1 aliphatic heterocycles. The van der Waals surface area contributed by atoms with Crippen molar-refractivity contribution in [2.75, 3.05) is 13.1 Å². The fraction of sp³-hybridized carbons (Fsp3) is 0.500. The largest absolute Gasteiger partial charge is 0.388 e. The second-order valence-electron chi connectivity index (χ2n) is 6.31. The van der Waals surface area contributed by atoms with Crippen LogP contribution in [0.5, 0.6) is 0 Å². The Hall–Kier alpha value is -1.72. The molecular weight excluding hydrogens is 293 g/mol. The molecule has 1 unspecified atom stereocenters. The summed E-state index contributed by atoms with van der Waals surface area (Å²) in [6, 6.07) is 6.20. The summed E-state index contributed by atoms with van der Waals surface area (Å²) < 4.78 is 14.9. The SMILES string of the molecule is CCn1cc(CN2CCC(C(O)c3ccc(F)cc3)CC2)cn1. The lowest BCUT2D eigenvalue weighted by Gasteiger charge is -2.34. The van der Waals surface area contributed by atoms with Crippen LogP contribution in [0.2, 0.25) is 0 Å². The number of rotatable bonds is 5. The van der Waals surface area contributed by atoms with Crippen molar-refractivity contribution in [2.45, 2.75) is 39.0 Å². The van der Waals surface area contributed by atoms with Crippen molar-refractivity contribution >= 4 is 0 Å². The molecule has 1 aromatic carbocycles. The van der Waals surface area contributed by atoms with E-state index in [-0.39, 0.29) is 11.7 Å². The molecule has 124 valence electrons. The lowest BCUT2D eigenvalue weighted by Crippen LogP contribution is -2.35. The summed E-state index contributed by atoms with van der Waals surface area (Å²) in [4.78, 5) is 2.41. The highest BCUT2D eigenvalue weighted by atomic mass is 19.1. The average Bonchev–Trinajstić information content (AvgIpc) is 3.03. The third kappa shape index (κ3) is 3.98. The molecule has 0 aliphatic carbocycles. The fourth-order valence-corrected chi connectivity index (χ4v) is 3.28. The molecule has 0 spiro atoms. The first-order valence-corrected chi connectivity index (χ1v) is 8.33. The maximum Gasteiger partial charge on any atom is 0.123 e. The minimum absolute atomic E-state index is 0.245. The van der Waals surface area contributed by atoms with E-state index < -0.39 is 6.10 Å². The fourth-order valence-electron chi connectivity index (χ4n) is 3.28. The highest BCUT2D eigenvalue weighted by Crippen LogP contribution is 2.31. The van der Waals surface area contributed by atoms with E-state index in [0.29, 0.717) is 0 Å². The summed E-state index contributed by atoms with van der Waals surface area (Å²) in [7, 11) is 0. The quantitative estimate of drug-likeness (QED) is 0.922. The molecule has 0 bridgehead atoms. The number of hydrogen-bond acceptors (Lipinski definition) is 3. The molecule has 1 fully saturated rings. The summed E-state index contributed by atoms with van der Waals surface area (Å²) in [5, 5.41) is 14.8. The van der Waals surface area contributed by atoms with Crippen molar-refractivity contribution in [3.63, 3.8) is 0 Å². The monoisotopic (exact) mass is 317 g/mol. The molecule has 1 aliphatic rings. The van der Waals surface area contributed by atoms with Crippen LogP contribution < -0.4 is 0 Å². The lowest BCUT2D eigenvalue weighted by molar-refractivity contribution is 0.0567. The second kappa shape index (κ2) is 7.23. The highest BCUT2D eigenvalue weighted by Gasteiger charge is 2.26. The van der Waals surface area contributed by atoms with Gasteiger partial charge < -0.3 is 5.11 Å². The summed E-state index contributed by atoms with van der Waals surface area (Å²) in [6.07, 6.45) is 5.45. The van der Waals surface area contributed by atoms with Gasteiger partial charge in [-0.1, -0.05) is 12.1 Å². The minimum Gasteiger partial charge on any atom is -0.388 e. The molecule has 0 radical (unpaired) electrons. The third-order valence-electron chi connectivity index (χ3n) is 4.71. The van der Waals surface area contributed by atoms with E-state index in [9.17, 15) is 9.50 Å². The molecule has 1 N–H and O–H groups in total. The van der Waals surface area contributed by atoms with Gasteiger partial charge in [0, 0.05) is 24.8 Å². The molecule has 2 heterocycles. The van der Waals surface area contributed by atoms with Gasteiger partial charge in [-0.15, -0.1) is 0 Å². The molecule has 0 saturated carbocycles. The molecule has 1 aromatic heterocycles. The molecule has 0 amide bonds. The zero-order chi connectivity index (χ0) is 16.2. The molecule has 1 saturated heterocycles. The standard InChI is InChI=1S/C18H24FN3O/c1-2-22-13-14(11-20-22)12-21-9-7-16(8-10-21)18(23)15-3-5-17(19)6-4-15/h3-6,11,13,16,18,23H,2,7-10,12H2,1H3. The highest BCUT2D eigenvalue weighted by molar-refractivity contribution is 5.19. The predicted molar refractivity (Wildman–Crippen MR) is 87.3 cm³/mol. The number of aliphatic hydroxyl groups excluding tert-OH is 1. The first kappa shape index (κ1) is 16.1. The van der Waals surface area contributed by atoms with Crippen LogP contribution in [0, 0.1) is 11.7 Å². The van der Waals surface area contributed by atoms with Gasteiger partial charge in [0.15, 0.2) is 0 Å². The van der Waals surface area contributed by atoms with E-state index >= 15 is 0 Å². The Morgan fingerprint density at radius 3 is 2.57 bits per heavy atom. The average molecular weight is 317 g/mol. The number of aromatic nitrogens is 2. The van der Waals surface area contributed by atoms with Crippen molar-refractivity contribution in [2.24, 2.45) is 5.92 Å². The van der Waals surface area contributed by atoms with Crippen LogP contribution in [-0.2, 0) is 13.1 Å². The molecular formula is C18H24FN3O. The van der Waals surface area contributed by atoms with E-state index in [4.69, 9.17) is 0 Å². The van der Waals surface area contributed by atoms with Gasteiger partial charge in [0.25, 0.3) is 0 Å². The summed E-state index contributed by atoms with van der Waals surface area (Å²) in [6.45, 7) is 5.84. The Morgan fingerprint density at radius 1 is 1.26 bits per heavy atom. The van der Waals surface area contributed by atoms with Gasteiger partial charge in [0.05, 0.1) is 12.3 Å². The number of halogens is 1. The Balaban J connectivity index is 1.52. The first-order valence-electron chi connectivity index (χ1n) is 8.33. The molecule has 2 aromatic rings. The summed E-state index contributed by atoms with van der Waals surface area (Å²) >= 11 is 0.